The number of Topliss-reactive ketones (excluding diaryl/α,β-unsaturated/α-hetero) is 1. The Hall–Kier alpha value is -2.00. The molecule has 2 aromatic rings. The summed E-state index contributed by atoms with van der Waals surface area (Å²) in [5.41, 5.74) is 2.47. The van der Waals surface area contributed by atoms with Crippen LogP contribution in [0.5, 0.6) is 5.75 Å². The third-order valence-electron chi connectivity index (χ3n) is 3.18. The number of nitrogens with zero attached hydrogens (tertiary/aromatic N) is 1. The predicted octanol–water partition coefficient (Wildman–Crippen LogP) is 4.32. The summed E-state index contributed by atoms with van der Waals surface area (Å²) < 4.78 is 5.14. The van der Waals surface area contributed by atoms with Gasteiger partial charge in [-0.2, -0.15) is 0 Å². The molecule has 0 aliphatic rings. The topological polar surface area (TPSA) is 29.5 Å². The molecule has 0 bridgehead atoms. The van der Waals surface area contributed by atoms with Crippen LogP contribution in [0.3, 0.4) is 0 Å². The monoisotopic (exact) mass is 289 g/mol. The van der Waals surface area contributed by atoms with Crippen LogP contribution in [0.2, 0.25) is 5.02 Å². The molecule has 0 unspecified atom stereocenters. The number of benzene rings is 2. The Bertz CT molecular complexity index is 623. The summed E-state index contributed by atoms with van der Waals surface area (Å²) in [5.74, 6) is 0.778. The van der Waals surface area contributed by atoms with Crippen LogP contribution in [0.15, 0.2) is 42.5 Å². The van der Waals surface area contributed by atoms with Crippen molar-refractivity contribution < 1.29 is 9.53 Å². The van der Waals surface area contributed by atoms with Gasteiger partial charge in [0.1, 0.15) is 5.75 Å². The summed E-state index contributed by atoms with van der Waals surface area (Å²) in [6, 6.07) is 13.2. The summed E-state index contributed by atoms with van der Waals surface area (Å²) in [6.45, 7) is 1.51. The van der Waals surface area contributed by atoms with Crippen LogP contribution in [0.25, 0.3) is 0 Å². The summed E-state index contributed by atoms with van der Waals surface area (Å²) in [6.07, 6.45) is 0. The van der Waals surface area contributed by atoms with Crippen LogP contribution in [0.1, 0.15) is 17.3 Å². The summed E-state index contributed by atoms with van der Waals surface area (Å²) in [5, 5.41) is 0.468. The number of halogens is 1. The largest absolute Gasteiger partial charge is 0.497 e. The molecule has 20 heavy (non-hydrogen) atoms. The fourth-order valence-corrected chi connectivity index (χ4v) is 2.26. The number of carbonyl (C=O) groups is 1. The molecule has 2 aromatic carbocycles. The van der Waals surface area contributed by atoms with Crippen molar-refractivity contribution in [2.45, 2.75) is 6.92 Å². The number of carbonyl (C=O) groups excluding carboxylic acids is 1. The van der Waals surface area contributed by atoms with Gasteiger partial charge in [0.25, 0.3) is 0 Å². The maximum absolute atomic E-state index is 11.4. The van der Waals surface area contributed by atoms with Gasteiger partial charge < -0.3 is 9.64 Å². The molecule has 4 heteroatoms. The highest BCUT2D eigenvalue weighted by molar-refractivity contribution is 6.34. The van der Waals surface area contributed by atoms with E-state index in [2.05, 4.69) is 0 Å². The van der Waals surface area contributed by atoms with Crippen molar-refractivity contribution in [3.8, 4) is 5.75 Å². The highest BCUT2D eigenvalue weighted by Crippen LogP contribution is 2.29. The zero-order valence-electron chi connectivity index (χ0n) is 11.7. The maximum atomic E-state index is 11.4. The van der Waals surface area contributed by atoms with Gasteiger partial charge in [0.2, 0.25) is 0 Å². The number of hydrogen-bond acceptors (Lipinski definition) is 3. The van der Waals surface area contributed by atoms with Crippen LogP contribution < -0.4 is 9.64 Å². The lowest BCUT2D eigenvalue weighted by molar-refractivity contribution is 0.101. The smallest absolute Gasteiger partial charge is 0.161 e. The average Bonchev–Trinajstić information content (AvgIpc) is 2.46. The van der Waals surface area contributed by atoms with Gasteiger partial charge in [-0.25, -0.2) is 0 Å². The molecule has 0 aliphatic heterocycles. The molecule has 0 fully saturated rings. The second-order valence-electron chi connectivity index (χ2n) is 4.48. The molecule has 0 aliphatic carbocycles. The lowest BCUT2D eigenvalue weighted by Crippen LogP contribution is -2.09. The Morgan fingerprint density at radius 1 is 1.10 bits per heavy atom. The summed E-state index contributed by atoms with van der Waals surface area (Å²) in [7, 11) is 3.58. The van der Waals surface area contributed by atoms with Gasteiger partial charge in [0.05, 0.1) is 12.1 Å². The molecule has 0 aromatic heterocycles. The van der Waals surface area contributed by atoms with E-state index in [4.69, 9.17) is 16.3 Å². The normalized spacial score (nSPS) is 10.2. The Kier molecular flexibility index (Phi) is 4.30. The SMILES string of the molecule is COc1ccc(N(C)c2ccc(C(C)=O)c(Cl)c2)cc1. The van der Waals surface area contributed by atoms with Crippen molar-refractivity contribution in [1.29, 1.82) is 0 Å². The minimum atomic E-state index is -0.0337. The van der Waals surface area contributed by atoms with Gasteiger partial charge in [0.15, 0.2) is 5.78 Å². The van der Waals surface area contributed by atoms with Crippen molar-refractivity contribution >= 4 is 28.8 Å². The quantitative estimate of drug-likeness (QED) is 0.785. The molecule has 0 heterocycles. The van der Waals surface area contributed by atoms with Gasteiger partial charge in [-0.1, -0.05) is 11.6 Å². The van der Waals surface area contributed by atoms with E-state index in [-0.39, 0.29) is 5.78 Å². The molecule has 0 spiro atoms. The molecular formula is C16H16ClNO2. The molecule has 0 N–H and O–H groups in total. The van der Waals surface area contributed by atoms with Crippen molar-refractivity contribution in [2.75, 3.05) is 19.1 Å². The Morgan fingerprint density at radius 2 is 1.70 bits per heavy atom. The average molecular weight is 290 g/mol. The number of ether oxygens (including phenoxy) is 1. The zero-order valence-corrected chi connectivity index (χ0v) is 12.4. The van der Waals surface area contributed by atoms with Crippen molar-refractivity contribution in [2.24, 2.45) is 0 Å². The minimum Gasteiger partial charge on any atom is -0.497 e. The molecule has 0 saturated carbocycles. The lowest BCUT2D eigenvalue weighted by atomic mass is 10.1. The van der Waals surface area contributed by atoms with E-state index in [1.54, 1.807) is 19.2 Å². The molecule has 104 valence electrons. The lowest BCUT2D eigenvalue weighted by Gasteiger charge is -2.20. The van der Waals surface area contributed by atoms with Crippen LogP contribution in [0, 0.1) is 0 Å². The third-order valence-corrected chi connectivity index (χ3v) is 3.49. The molecule has 0 amide bonds. The first-order chi connectivity index (χ1) is 9.52. The fraction of sp³-hybridized carbons (Fsp3) is 0.188. The fourth-order valence-electron chi connectivity index (χ4n) is 1.95. The number of hydrogen-bond donors (Lipinski definition) is 0. The number of methoxy groups -OCH3 is 1. The molecular weight excluding hydrogens is 274 g/mol. The highest BCUT2D eigenvalue weighted by Gasteiger charge is 2.09. The van der Waals surface area contributed by atoms with Crippen LogP contribution in [0.4, 0.5) is 11.4 Å². The molecule has 0 atom stereocenters. The van der Waals surface area contributed by atoms with E-state index < -0.39 is 0 Å². The first kappa shape index (κ1) is 14.4. The highest BCUT2D eigenvalue weighted by atomic mass is 35.5. The van der Waals surface area contributed by atoms with Crippen molar-refractivity contribution in [3.05, 3.63) is 53.1 Å². The zero-order chi connectivity index (χ0) is 14.7. The van der Waals surface area contributed by atoms with Gasteiger partial charge in [0, 0.05) is 24.0 Å². The summed E-state index contributed by atoms with van der Waals surface area (Å²) >= 11 is 6.14. The summed E-state index contributed by atoms with van der Waals surface area (Å²) in [4.78, 5) is 13.4. The first-order valence-corrected chi connectivity index (χ1v) is 6.59. The van der Waals surface area contributed by atoms with Crippen molar-refractivity contribution in [1.82, 2.24) is 0 Å². The number of ketones is 1. The van der Waals surface area contributed by atoms with Crippen LogP contribution in [-0.2, 0) is 0 Å². The predicted molar refractivity (Wildman–Crippen MR) is 82.5 cm³/mol. The Balaban J connectivity index is 2.30. The maximum Gasteiger partial charge on any atom is 0.161 e. The molecule has 0 radical (unpaired) electrons. The van der Waals surface area contributed by atoms with Gasteiger partial charge in [-0.3, -0.25) is 4.79 Å². The molecule has 2 rings (SSSR count). The van der Waals surface area contributed by atoms with Gasteiger partial charge >= 0.3 is 0 Å². The van der Waals surface area contributed by atoms with E-state index in [0.29, 0.717) is 10.6 Å². The van der Waals surface area contributed by atoms with E-state index in [0.717, 1.165) is 17.1 Å². The van der Waals surface area contributed by atoms with Gasteiger partial charge in [-0.05, 0) is 49.4 Å². The van der Waals surface area contributed by atoms with E-state index in [1.165, 1.54) is 6.92 Å². The molecule has 3 nitrogen and oxygen atoms in total. The van der Waals surface area contributed by atoms with E-state index in [9.17, 15) is 4.79 Å². The third kappa shape index (κ3) is 2.94. The Labute approximate surface area is 123 Å². The minimum absolute atomic E-state index is 0.0337. The van der Waals surface area contributed by atoms with Crippen LogP contribution in [-0.4, -0.2) is 19.9 Å². The second kappa shape index (κ2) is 5.97. The molecule has 0 saturated heterocycles. The van der Waals surface area contributed by atoms with E-state index in [1.807, 2.05) is 42.3 Å². The van der Waals surface area contributed by atoms with Crippen molar-refractivity contribution in [3.63, 3.8) is 0 Å². The number of rotatable bonds is 4. The van der Waals surface area contributed by atoms with Gasteiger partial charge in [-0.15, -0.1) is 0 Å². The standard InChI is InChI=1S/C16H16ClNO2/c1-11(19)15-9-6-13(10-16(15)17)18(2)12-4-7-14(20-3)8-5-12/h4-10H,1-3H3. The van der Waals surface area contributed by atoms with E-state index >= 15 is 0 Å². The van der Waals surface area contributed by atoms with Crippen LogP contribution >= 0.6 is 11.6 Å². The Morgan fingerprint density at radius 3 is 2.20 bits per heavy atom. The first-order valence-electron chi connectivity index (χ1n) is 6.21. The second-order valence-corrected chi connectivity index (χ2v) is 4.88. The number of anilines is 2.